The molecule has 0 atom stereocenters. The number of nitrogens with zero attached hydrogens (tertiary/aromatic N) is 4. The van der Waals surface area contributed by atoms with Crippen LogP contribution in [-0.4, -0.2) is 80.1 Å². The molecule has 7 heteroatoms. The van der Waals surface area contributed by atoms with Gasteiger partial charge in [0.15, 0.2) is 5.96 Å². The third-order valence-corrected chi connectivity index (χ3v) is 6.11. The summed E-state index contributed by atoms with van der Waals surface area (Å²) >= 11 is 1.81. The number of hydrogen-bond acceptors (Lipinski definition) is 5. The van der Waals surface area contributed by atoms with Gasteiger partial charge >= 0.3 is 0 Å². The second-order valence-corrected chi connectivity index (χ2v) is 7.93. The van der Waals surface area contributed by atoms with Crippen molar-refractivity contribution in [2.75, 3.05) is 59.4 Å². The summed E-state index contributed by atoms with van der Waals surface area (Å²) in [5.41, 5.74) is 0. The molecule has 2 N–H and O–H groups in total. The summed E-state index contributed by atoms with van der Waals surface area (Å²) in [7, 11) is 1.83. The largest absolute Gasteiger partial charge is 0.356 e. The Labute approximate surface area is 163 Å². The smallest absolute Gasteiger partial charge is 0.190 e. The lowest BCUT2D eigenvalue weighted by Crippen LogP contribution is -2.46. The molecule has 1 aromatic heterocycles. The molecule has 0 saturated carbocycles. The predicted octanol–water partition coefficient (Wildman–Crippen LogP) is 1.83. The van der Waals surface area contributed by atoms with Crippen LogP contribution in [0.25, 0.3) is 0 Å². The Morgan fingerprint density at radius 3 is 2.50 bits per heavy atom. The zero-order valence-electron chi connectivity index (χ0n) is 16.8. The second-order valence-electron chi connectivity index (χ2n) is 6.73. The topological polar surface area (TPSA) is 55.8 Å². The standard InChI is InChI=1S/C19H36N6S/c1-4-17-16-23-18(26-17)8-10-22-19(20-3)21-9-6-7-11-25-14-12-24(5-2)13-15-25/h16H,4-15H2,1-3H3,(H2,20,21,22). The van der Waals surface area contributed by atoms with E-state index in [1.165, 1.54) is 62.0 Å². The third-order valence-electron chi connectivity index (χ3n) is 4.91. The van der Waals surface area contributed by atoms with E-state index in [0.29, 0.717) is 0 Å². The van der Waals surface area contributed by atoms with Gasteiger partial charge in [-0.15, -0.1) is 11.3 Å². The Hall–Kier alpha value is -1.18. The van der Waals surface area contributed by atoms with Gasteiger partial charge < -0.3 is 20.4 Å². The first-order chi connectivity index (χ1) is 12.7. The number of unbranched alkanes of at least 4 members (excludes halogenated alkanes) is 1. The molecule has 0 amide bonds. The SMILES string of the molecule is CCc1cnc(CCNC(=NC)NCCCCN2CCN(CC)CC2)s1. The minimum Gasteiger partial charge on any atom is -0.356 e. The van der Waals surface area contributed by atoms with E-state index in [1.807, 2.05) is 24.6 Å². The van der Waals surface area contributed by atoms with Crippen LogP contribution in [0.2, 0.25) is 0 Å². The monoisotopic (exact) mass is 380 g/mol. The molecule has 0 radical (unpaired) electrons. The van der Waals surface area contributed by atoms with Gasteiger partial charge in [0.05, 0.1) is 5.01 Å². The highest BCUT2D eigenvalue weighted by molar-refractivity contribution is 7.11. The van der Waals surface area contributed by atoms with E-state index in [-0.39, 0.29) is 0 Å². The van der Waals surface area contributed by atoms with Crippen LogP contribution in [0.1, 0.15) is 36.6 Å². The van der Waals surface area contributed by atoms with Gasteiger partial charge in [0, 0.05) is 63.8 Å². The zero-order valence-corrected chi connectivity index (χ0v) is 17.6. The number of guanidine groups is 1. The van der Waals surface area contributed by atoms with E-state index in [9.17, 15) is 0 Å². The number of aliphatic imine (C=N–C) groups is 1. The van der Waals surface area contributed by atoms with Crippen LogP contribution in [0.5, 0.6) is 0 Å². The van der Waals surface area contributed by atoms with Crippen molar-refractivity contribution in [1.29, 1.82) is 0 Å². The van der Waals surface area contributed by atoms with Crippen molar-refractivity contribution in [1.82, 2.24) is 25.4 Å². The average Bonchev–Trinajstić information content (AvgIpc) is 3.14. The lowest BCUT2D eigenvalue weighted by Gasteiger charge is -2.34. The molecule has 1 aromatic rings. The highest BCUT2D eigenvalue weighted by Crippen LogP contribution is 2.13. The minimum absolute atomic E-state index is 0.873. The van der Waals surface area contributed by atoms with Crippen LogP contribution in [0.15, 0.2) is 11.2 Å². The van der Waals surface area contributed by atoms with Gasteiger partial charge in [-0.25, -0.2) is 4.98 Å². The van der Waals surface area contributed by atoms with Gasteiger partial charge in [0.2, 0.25) is 0 Å². The van der Waals surface area contributed by atoms with Crippen molar-refractivity contribution in [3.05, 3.63) is 16.1 Å². The minimum atomic E-state index is 0.873. The molecule has 1 aliphatic heterocycles. The Morgan fingerprint density at radius 1 is 1.12 bits per heavy atom. The van der Waals surface area contributed by atoms with Crippen molar-refractivity contribution in [2.24, 2.45) is 4.99 Å². The number of likely N-dealkylation sites (N-methyl/N-ethyl adjacent to an activating group) is 1. The molecule has 26 heavy (non-hydrogen) atoms. The Bertz CT molecular complexity index is 522. The third kappa shape index (κ3) is 7.60. The molecule has 0 aliphatic carbocycles. The summed E-state index contributed by atoms with van der Waals surface area (Å²) < 4.78 is 0. The van der Waals surface area contributed by atoms with E-state index in [2.05, 4.69) is 44.3 Å². The Balaban J connectivity index is 1.50. The number of hydrogen-bond donors (Lipinski definition) is 2. The lowest BCUT2D eigenvalue weighted by atomic mass is 10.2. The van der Waals surface area contributed by atoms with Crippen molar-refractivity contribution in [3.8, 4) is 0 Å². The molecule has 1 saturated heterocycles. The molecule has 148 valence electrons. The lowest BCUT2D eigenvalue weighted by molar-refractivity contribution is 0.136. The number of aryl methyl sites for hydroxylation is 1. The molecule has 0 unspecified atom stereocenters. The summed E-state index contributed by atoms with van der Waals surface area (Å²) in [5.74, 6) is 0.897. The van der Waals surface area contributed by atoms with Crippen molar-refractivity contribution in [2.45, 2.75) is 39.5 Å². The highest BCUT2D eigenvalue weighted by Gasteiger charge is 2.14. The summed E-state index contributed by atoms with van der Waals surface area (Å²) in [5, 5.41) is 8.01. The van der Waals surface area contributed by atoms with Gasteiger partial charge in [-0.1, -0.05) is 13.8 Å². The first kappa shape index (κ1) is 21.1. The van der Waals surface area contributed by atoms with Crippen LogP contribution >= 0.6 is 11.3 Å². The van der Waals surface area contributed by atoms with Crippen LogP contribution in [-0.2, 0) is 12.8 Å². The molecular weight excluding hydrogens is 344 g/mol. The first-order valence-corrected chi connectivity index (χ1v) is 10.9. The molecule has 1 fully saturated rings. The summed E-state index contributed by atoms with van der Waals surface area (Å²) in [6.45, 7) is 13.6. The molecule has 0 spiro atoms. The summed E-state index contributed by atoms with van der Waals surface area (Å²) in [6, 6.07) is 0. The quantitative estimate of drug-likeness (QED) is 0.368. The normalized spacial score (nSPS) is 16.8. The number of aromatic nitrogens is 1. The van der Waals surface area contributed by atoms with E-state index < -0.39 is 0 Å². The molecule has 0 aromatic carbocycles. The fourth-order valence-electron chi connectivity index (χ4n) is 3.13. The van der Waals surface area contributed by atoms with Crippen LogP contribution < -0.4 is 10.6 Å². The maximum absolute atomic E-state index is 4.46. The van der Waals surface area contributed by atoms with Crippen molar-refractivity contribution >= 4 is 17.3 Å². The highest BCUT2D eigenvalue weighted by atomic mass is 32.1. The molecule has 0 bridgehead atoms. The molecular formula is C19H36N6S. The van der Waals surface area contributed by atoms with Crippen LogP contribution in [0.3, 0.4) is 0 Å². The van der Waals surface area contributed by atoms with Gasteiger partial charge in [0.25, 0.3) is 0 Å². The van der Waals surface area contributed by atoms with Crippen molar-refractivity contribution < 1.29 is 0 Å². The molecule has 2 heterocycles. The van der Waals surface area contributed by atoms with E-state index in [4.69, 9.17) is 0 Å². The van der Waals surface area contributed by atoms with Gasteiger partial charge in [-0.05, 0) is 32.4 Å². The van der Waals surface area contributed by atoms with Crippen molar-refractivity contribution in [3.63, 3.8) is 0 Å². The molecule has 6 nitrogen and oxygen atoms in total. The van der Waals surface area contributed by atoms with Crippen LogP contribution in [0, 0.1) is 0 Å². The predicted molar refractivity (Wildman–Crippen MR) is 112 cm³/mol. The summed E-state index contributed by atoms with van der Waals surface area (Å²) in [6.07, 6.45) is 6.45. The fourth-order valence-corrected chi connectivity index (χ4v) is 3.99. The second kappa shape index (κ2) is 12.3. The summed E-state index contributed by atoms with van der Waals surface area (Å²) in [4.78, 5) is 15.3. The van der Waals surface area contributed by atoms with Gasteiger partial charge in [0.1, 0.15) is 0 Å². The van der Waals surface area contributed by atoms with Crippen LogP contribution in [0.4, 0.5) is 0 Å². The molecule has 2 rings (SSSR count). The number of piperazine rings is 1. The number of thiazole rings is 1. The van der Waals surface area contributed by atoms with E-state index >= 15 is 0 Å². The zero-order chi connectivity index (χ0) is 18.6. The fraction of sp³-hybridized carbons (Fsp3) is 0.789. The first-order valence-electron chi connectivity index (χ1n) is 10.1. The van der Waals surface area contributed by atoms with E-state index in [0.717, 1.165) is 31.9 Å². The average molecular weight is 381 g/mol. The molecule has 1 aliphatic rings. The van der Waals surface area contributed by atoms with Gasteiger partial charge in [-0.3, -0.25) is 4.99 Å². The Kier molecular flexibility index (Phi) is 9.95. The Morgan fingerprint density at radius 2 is 1.85 bits per heavy atom. The number of rotatable bonds is 10. The van der Waals surface area contributed by atoms with Gasteiger partial charge in [-0.2, -0.15) is 0 Å². The number of nitrogens with one attached hydrogen (secondary N) is 2. The maximum Gasteiger partial charge on any atom is 0.190 e. The maximum atomic E-state index is 4.46. The van der Waals surface area contributed by atoms with E-state index in [1.54, 1.807) is 0 Å².